The molecule has 1 aromatic rings. The van der Waals surface area contributed by atoms with Crippen LogP contribution in [0.1, 0.15) is 45.1 Å². The molecule has 0 saturated heterocycles. The van der Waals surface area contributed by atoms with Crippen LogP contribution in [0.5, 0.6) is 0 Å². The Balaban J connectivity index is 2.60. The molecular formula is C17H24N2O. The molecule has 108 valence electrons. The van der Waals surface area contributed by atoms with Gasteiger partial charge in [-0.15, -0.1) is 0 Å². The van der Waals surface area contributed by atoms with E-state index < -0.39 is 0 Å². The molecular weight excluding hydrogens is 248 g/mol. The fourth-order valence-electron chi connectivity index (χ4n) is 2.01. The molecule has 20 heavy (non-hydrogen) atoms. The lowest BCUT2D eigenvalue weighted by atomic mass is 9.98. The minimum Gasteiger partial charge on any atom is -0.326 e. The predicted octanol–water partition coefficient (Wildman–Crippen LogP) is 3.15. The first kappa shape index (κ1) is 16.3. The SMILES string of the molecule is CCCCC(CC)C(=O)Nc1ccc(C#CCN)cc1. The molecule has 1 unspecified atom stereocenters. The molecule has 3 heteroatoms. The first-order valence-electron chi connectivity index (χ1n) is 7.31. The molecule has 0 aromatic heterocycles. The third kappa shape index (κ3) is 5.46. The number of carbonyl (C=O) groups is 1. The fraction of sp³-hybridized carbons (Fsp3) is 0.471. The predicted molar refractivity (Wildman–Crippen MR) is 84.3 cm³/mol. The van der Waals surface area contributed by atoms with Crippen LogP contribution >= 0.6 is 0 Å². The number of nitrogens with two attached hydrogens (primary N) is 1. The zero-order chi connectivity index (χ0) is 14.8. The Hall–Kier alpha value is -1.79. The Morgan fingerprint density at radius 3 is 2.55 bits per heavy atom. The summed E-state index contributed by atoms with van der Waals surface area (Å²) in [6.45, 7) is 4.56. The summed E-state index contributed by atoms with van der Waals surface area (Å²) < 4.78 is 0. The highest BCUT2D eigenvalue weighted by Crippen LogP contribution is 2.16. The number of amides is 1. The van der Waals surface area contributed by atoms with E-state index in [2.05, 4.69) is 31.0 Å². The molecule has 0 radical (unpaired) electrons. The summed E-state index contributed by atoms with van der Waals surface area (Å²) in [5.74, 6) is 5.98. The standard InChI is InChI=1S/C17H24N2O/c1-3-5-8-15(4-2)17(20)19-16-11-9-14(10-12-16)7-6-13-18/h9-12,15H,3-5,8,13,18H2,1-2H3,(H,19,20). The lowest BCUT2D eigenvalue weighted by Gasteiger charge is -2.14. The maximum absolute atomic E-state index is 12.2. The van der Waals surface area contributed by atoms with E-state index in [-0.39, 0.29) is 11.8 Å². The summed E-state index contributed by atoms with van der Waals surface area (Å²) in [6.07, 6.45) is 4.06. The van der Waals surface area contributed by atoms with Crippen LogP contribution in [-0.4, -0.2) is 12.5 Å². The fourth-order valence-corrected chi connectivity index (χ4v) is 2.01. The number of anilines is 1. The van der Waals surface area contributed by atoms with Gasteiger partial charge in [-0.05, 0) is 37.1 Å². The molecule has 0 fully saturated rings. The van der Waals surface area contributed by atoms with Gasteiger partial charge in [0.25, 0.3) is 0 Å². The van der Waals surface area contributed by atoms with E-state index in [0.717, 1.165) is 36.9 Å². The zero-order valence-corrected chi connectivity index (χ0v) is 12.4. The van der Waals surface area contributed by atoms with Crippen molar-refractivity contribution in [3.8, 4) is 11.8 Å². The maximum Gasteiger partial charge on any atom is 0.227 e. The van der Waals surface area contributed by atoms with Crippen molar-refractivity contribution in [2.75, 3.05) is 11.9 Å². The molecule has 0 heterocycles. The number of hydrogen-bond donors (Lipinski definition) is 2. The van der Waals surface area contributed by atoms with Crippen LogP contribution < -0.4 is 11.1 Å². The Kier molecular flexibility index (Phi) is 7.46. The van der Waals surface area contributed by atoms with Crippen LogP contribution in [0.25, 0.3) is 0 Å². The average Bonchev–Trinajstić information content (AvgIpc) is 2.47. The van der Waals surface area contributed by atoms with Gasteiger partial charge in [0.05, 0.1) is 6.54 Å². The number of carbonyl (C=O) groups excluding carboxylic acids is 1. The molecule has 0 saturated carbocycles. The molecule has 0 bridgehead atoms. The van der Waals surface area contributed by atoms with E-state index in [1.807, 2.05) is 24.3 Å². The van der Waals surface area contributed by atoms with Crippen LogP contribution in [0.2, 0.25) is 0 Å². The van der Waals surface area contributed by atoms with Crippen molar-refractivity contribution >= 4 is 11.6 Å². The molecule has 3 N–H and O–H groups in total. The van der Waals surface area contributed by atoms with Crippen molar-refractivity contribution in [2.24, 2.45) is 11.7 Å². The third-order valence-electron chi connectivity index (χ3n) is 3.26. The van der Waals surface area contributed by atoms with Crippen molar-refractivity contribution in [3.63, 3.8) is 0 Å². The largest absolute Gasteiger partial charge is 0.326 e. The summed E-state index contributed by atoms with van der Waals surface area (Å²) in [7, 11) is 0. The molecule has 0 aliphatic carbocycles. The second kappa shape index (κ2) is 9.17. The molecule has 1 amide bonds. The van der Waals surface area contributed by atoms with Gasteiger partial charge in [-0.1, -0.05) is 38.5 Å². The van der Waals surface area contributed by atoms with Gasteiger partial charge in [0.2, 0.25) is 5.91 Å². The van der Waals surface area contributed by atoms with Crippen molar-refractivity contribution in [2.45, 2.75) is 39.5 Å². The van der Waals surface area contributed by atoms with E-state index in [4.69, 9.17) is 5.73 Å². The highest BCUT2D eigenvalue weighted by Gasteiger charge is 2.15. The average molecular weight is 272 g/mol. The van der Waals surface area contributed by atoms with E-state index in [1.54, 1.807) is 0 Å². The van der Waals surface area contributed by atoms with E-state index >= 15 is 0 Å². The van der Waals surface area contributed by atoms with Crippen LogP contribution in [-0.2, 0) is 4.79 Å². The third-order valence-corrected chi connectivity index (χ3v) is 3.26. The van der Waals surface area contributed by atoms with Gasteiger partial charge in [0.15, 0.2) is 0 Å². The Bertz CT molecular complexity index is 468. The van der Waals surface area contributed by atoms with E-state index in [9.17, 15) is 4.79 Å². The first-order valence-corrected chi connectivity index (χ1v) is 7.31. The van der Waals surface area contributed by atoms with Crippen molar-refractivity contribution in [3.05, 3.63) is 29.8 Å². The van der Waals surface area contributed by atoms with Crippen LogP contribution in [0.15, 0.2) is 24.3 Å². The molecule has 0 aliphatic heterocycles. The minimum absolute atomic E-state index is 0.103. The lowest BCUT2D eigenvalue weighted by Crippen LogP contribution is -2.22. The molecule has 3 nitrogen and oxygen atoms in total. The van der Waals surface area contributed by atoms with Gasteiger partial charge in [0.1, 0.15) is 0 Å². The van der Waals surface area contributed by atoms with Crippen molar-refractivity contribution in [1.29, 1.82) is 0 Å². The van der Waals surface area contributed by atoms with Gasteiger partial charge < -0.3 is 11.1 Å². The smallest absolute Gasteiger partial charge is 0.227 e. The lowest BCUT2D eigenvalue weighted by molar-refractivity contribution is -0.120. The second-order valence-electron chi connectivity index (χ2n) is 4.82. The molecule has 1 rings (SSSR count). The second-order valence-corrected chi connectivity index (χ2v) is 4.82. The highest BCUT2D eigenvalue weighted by atomic mass is 16.1. The highest BCUT2D eigenvalue weighted by molar-refractivity contribution is 5.92. The number of rotatable bonds is 6. The molecule has 1 aromatic carbocycles. The Labute approximate surface area is 121 Å². The summed E-state index contributed by atoms with van der Waals surface area (Å²) in [6, 6.07) is 7.55. The summed E-state index contributed by atoms with van der Waals surface area (Å²) >= 11 is 0. The van der Waals surface area contributed by atoms with E-state index in [0.29, 0.717) is 6.54 Å². The van der Waals surface area contributed by atoms with Gasteiger partial charge in [-0.2, -0.15) is 0 Å². The minimum atomic E-state index is 0.103. The Morgan fingerprint density at radius 2 is 2.00 bits per heavy atom. The van der Waals surface area contributed by atoms with E-state index in [1.165, 1.54) is 0 Å². The normalized spacial score (nSPS) is 11.3. The Morgan fingerprint density at radius 1 is 1.30 bits per heavy atom. The molecule has 1 atom stereocenters. The number of unbranched alkanes of at least 4 members (excludes halogenated alkanes) is 1. The molecule has 0 spiro atoms. The van der Waals surface area contributed by atoms with Crippen LogP contribution in [0, 0.1) is 17.8 Å². The van der Waals surface area contributed by atoms with Gasteiger partial charge in [-0.3, -0.25) is 4.79 Å². The van der Waals surface area contributed by atoms with Crippen molar-refractivity contribution in [1.82, 2.24) is 0 Å². The van der Waals surface area contributed by atoms with Crippen molar-refractivity contribution < 1.29 is 4.79 Å². The number of hydrogen-bond acceptors (Lipinski definition) is 2. The van der Waals surface area contributed by atoms with Gasteiger partial charge >= 0.3 is 0 Å². The van der Waals surface area contributed by atoms with Crippen LogP contribution in [0.4, 0.5) is 5.69 Å². The zero-order valence-electron chi connectivity index (χ0n) is 12.4. The summed E-state index contributed by atoms with van der Waals surface area (Å²) in [5.41, 5.74) is 7.06. The molecule has 0 aliphatic rings. The quantitative estimate of drug-likeness (QED) is 0.782. The summed E-state index contributed by atoms with van der Waals surface area (Å²) in [5, 5.41) is 2.97. The number of nitrogens with one attached hydrogen (secondary N) is 1. The monoisotopic (exact) mass is 272 g/mol. The van der Waals surface area contributed by atoms with Gasteiger partial charge in [0, 0.05) is 17.2 Å². The maximum atomic E-state index is 12.2. The summed E-state index contributed by atoms with van der Waals surface area (Å²) in [4.78, 5) is 12.2. The first-order chi connectivity index (χ1) is 9.71. The topological polar surface area (TPSA) is 55.1 Å². The van der Waals surface area contributed by atoms with Crippen LogP contribution in [0.3, 0.4) is 0 Å². The van der Waals surface area contributed by atoms with Gasteiger partial charge in [-0.25, -0.2) is 0 Å². The number of benzene rings is 1.